The molecule has 2 rings (SSSR count). The Morgan fingerprint density at radius 1 is 1.07 bits per heavy atom. The molecule has 0 aromatic heterocycles. The van der Waals surface area contributed by atoms with Crippen LogP contribution in [0.15, 0.2) is 47.4 Å². The Morgan fingerprint density at radius 3 is 2.26 bits per heavy atom. The minimum absolute atomic E-state index is 0.0315. The zero-order valence-electron chi connectivity index (χ0n) is 14.3. The van der Waals surface area contributed by atoms with Gasteiger partial charge < -0.3 is 0 Å². The zero-order chi connectivity index (χ0) is 20.2. The summed E-state index contributed by atoms with van der Waals surface area (Å²) >= 11 is 18.1. The highest BCUT2D eigenvalue weighted by Gasteiger charge is 2.31. The molecule has 10 heteroatoms. The highest BCUT2D eigenvalue weighted by Crippen LogP contribution is 2.35. The van der Waals surface area contributed by atoms with Gasteiger partial charge in [0.15, 0.2) is 0 Å². The quantitative estimate of drug-likeness (QED) is 0.403. The van der Waals surface area contributed by atoms with E-state index in [1.54, 1.807) is 13.0 Å². The Kier molecular flexibility index (Phi) is 7.33. The Morgan fingerprint density at radius 2 is 1.67 bits per heavy atom. The smallest absolute Gasteiger partial charge is 0.264 e. The minimum Gasteiger partial charge on any atom is -0.265 e. The van der Waals surface area contributed by atoms with Crippen LogP contribution in [0.4, 0.5) is 5.69 Å². The number of benzene rings is 2. The van der Waals surface area contributed by atoms with Gasteiger partial charge in [0.25, 0.3) is 10.0 Å². The third-order valence-corrected chi connectivity index (χ3v) is 6.63. The van der Waals surface area contributed by atoms with Crippen LogP contribution in [0.5, 0.6) is 0 Å². The summed E-state index contributed by atoms with van der Waals surface area (Å²) < 4.78 is 27.7. The molecule has 2 aromatic carbocycles. The molecule has 2 aromatic rings. The average molecular weight is 452 g/mol. The fourth-order valence-electron chi connectivity index (χ4n) is 2.61. The van der Waals surface area contributed by atoms with Gasteiger partial charge in [-0.1, -0.05) is 34.8 Å². The highest BCUT2D eigenvalue weighted by molar-refractivity contribution is 7.92. The first kappa shape index (κ1) is 21.8. The Bertz CT molecular complexity index is 920. The van der Waals surface area contributed by atoms with E-state index in [0.29, 0.717) is 10.0 Å². The monoisotopic (exact) mass is 450 g/mol. The predicted octanol–water partition coefficient (Wildman–Crippen LogP) is 5.29. The minimum atomic E-state index is -4.00. The van der Waals surface area contributed by atoms with Gasteiger partial charge in [0, 0.05) is 27.4 Å². The molecular formula is C17H17Cl3N2O4S. The molecule has 146 valence electrons. The maximum Gasteiger partial charge on any atom is 0.264 e. The molecule has 1 atom stereocenters. The maximum atomic E-state index is 13.3. The van der Waals surface area contributed by atoms with Crippen LogP contribution in [0.3, 0.4) is 0 Å². The SMILES string of the molecule is CC(CCC[N+](=O)[O-])N(c1cc(Cl)ccc1Cl)S(=O)(=O)c1ccc(Cl)cc1. The van der Waals surface area contributed by atoms with E-state index in [4.69, 9.17) is 34.8 Å². The summed E-state index contributed by atoms with van der Waals surface area (Å²) in [5.74, 6) is 0. The summed E-state index contributed by atoms with van der Waals surface area (Å²) in [4.78, 5) is 10.2. The zero-order valence-corrected chi connectivity index (χ0v) is 17.4. The normalized spacial score (nSPS) is 12.6. The highest BCUT2D eigenvalue weighted by atomic mass is 35.5. The third kappa shape index (κ3) is 5.48. The second kappa shape index (κ2) is 9.10. The summed E-state index contributed by atoms with van der Waals surface area (Å²) in [6.07, 6.45) is 0.496. The molecule has 0 radical (unpaired) electrons. The number of nitro groups is 1. The number of nitrogens with zero attached hydrogens (tertiary/aromatic N) is 2. The van der Waals surface area contributed by atoms with Crippen molar-refractivity contribution in [3.05, 3.63) is 67.6 Å². The summed E-state index contributed by atoms with van der Waals surface area (Å²) in [7, 11) is -4.00. The second-order valence-electron chi connectivity index (χ2n) is 5.90. The van der Waals surface area contributed by atoms with E-state index in [-0.39, 0.29) is 35.0 Å². The predicted molar refractivity (Wildman–Crippen MR) is 108 cm³/mol. The molecule has 0 N–H and O–H groups in total. The lowest BCUT2D eigenvalue weighted by molar-refractivity contribution is -0.480. The van der Waals surface area contributed by atoms with E-state index in [1.165, 1.54) is 36.4 Å². The second-order valence-corrected chi connectivity index (χ2v) is 8.99. The van der Waals surface area contributed by atoms with Gasteiger partial charge in [-0.05, 0) is 55.8 Å². The molecule has 0 bridgehead atoms. The van der Waals surface area contributed by atoms with Gasteiger partial charge in [0.1, 0.15) is 0 Å². The molecule has 0 aliphatic heterocycles. The Labute approximate surface area is 172 Å². The van der Waals surface area contributed by atoms with Crippen LogP contribution in [0, 0.1) is 10.1 Å². The van der Waals surface area contributed by atoms with Crippen LogP contribution in [-0.2, 0) is 10.0 Å². The van der Waals surface area contributed by atoms with E-state index >= 15 is 0 Å². The van der Waals surface area contributed by atoms with E-state index in [2.05, 4.69) is 0 Å². The van der Waals surface area contributed by atoms with Crippen molar-refractivity contribution < 1.29 is 13.3 Å². The number of hydrogen-bond acceptors (Lipinski definition) is 4. The number of sulfonamides is 1. The van der Waals surface area contributed by atoms with Gasteiger partial charge >= 0.3 is 0 Å². The summed E-state index contributed by atoms with van der Waals surface area (Å²) in [6.45, 7) is 1.42. The first-order valence-corrected chi connectivity index (χ1v) is 10.6. The number of hydrogen-bond donors (Lipinski definition) is 0. The van der Waals surface area contributed by atoms with Gasteiger partial charge in [-0.25, -0.2) is 8.42 Å². The van der Waals surface area contributed by atoms with Gasteiger partial charge in [-0.2, -0.15) is 0 Å². The van der Waals surface area contributed by atoms with E-state index in [0.717, 1.165) is 4.31 Å². The van der Waals surface area contributed by atoms with Gasteiger partial charge in [-0.3, -0.25) is 14.4 Å². The van der Waals surface area contributed by atoms with Crippen molar-refractivity contribution in [3.8, 4) is 0 Å². The molecule has 0 saturated heterocycles. The molecular weight excluding hydrogens is 435 g/mol. The Balaban J connectivity index is 2.50. The molecule has 0 spiro atoms. The third-order valence-electron chi connectivity index (χ3n) is 3.88. The van der Waals surface area contributed by atoms with Crippen molar-refractivity contribution in [2.75, 3.05) is 10.8 Å². The standard InChI is InChI=1S/C17H17Cl3N2O4S/c1-12(3-2-10-21(23)24)22(17-11-14(19)6-9-16(17)20)27(25,26)15-7-4-13(18)5-8-15/h4-9,11-12H,2-3,10H2,1H3. The van der Waals surface area contributed by atoms with Crippen molar-refractivity contribution in [2.24, 2.45) is 0 Å². The lowest BCUT2D eigenvalue weighted by atomic mass is 10.1. The number of halogens is 3. The molecule has 0 amide bonds. The molecule has 0 aliphatic rings. The first-order valence-electron chi connectivity index (χ1n) is 8.00. The molecule has 6 nitrogen and oxygen atoms in total. The van der Waals surface area contributed by atoms with Gasteiger partial charge in [-0.15, -0.1) is 0 Å². The first-order chi connectivity index (χ1) is 12.6. The van der Waals surface area contributed by atoms with Crippen molar-refractivity contribution >= 4 is 50.5 Å². The maximum absolute atomic E-state index is 13.3. The molecule has 0 saturated carbocycles. The van der Waals surface area contributed by atoms with E-state index in [1.807, 2.05) is 0 Å². The largest absolute Gasteiger partial charge is 0.265 e. The Hall–Kier alpha value is -1.54. The molecule has 0 heterocycles. The number of rotatable bonds is 8. The molecule has 1 unspecified atom stereocenters. The van der Waals surface area contributed by atoms with Crippen molar-refractivity contribution in [2.45, 2.75) is 30.7 Å². The van der Waals surface area contributed by atoms with Crippen LogP contribution in [-0.4, -0.2) is 25.9 Å². The van der Waals surface area contributed by atoms with Gasteiger partial charge in [0.05, 0.1) is 15.6 Å². The van der Waals surface area contributed by atoms with E-state index in [9.17, 15) is 18.5 Å². The van der Waals surface area contributed by atoms with Crippen LogP contribution < -0.4 is 4.31 Å². The fraction of sp³-hybridized carbons (Fsp3) is 0.294. The van der Waals surface area contributed by atoms with Crippen LogP contribution >= 0.6 is 34.8 Å². The van der Waals surface area contributed by atoms with Crippen molar-refractivity contribution in [1.82, 2.24) is 0 Å². The molecule has 0 aliphatic carbocycles. The van der Waals surface area contributed by atoms with Crippen LogP contribution in [0.2, 0.25) is 15.1 Å². The van der Waals surface area contributed by atoms with Crippen molar-refractivity contribution in [3.63, 3.8) is 0 Å². The van der Waals surface area contributed by atoms with Gasteiger partial charge in [0.2, 0.25) is 6.54 Å². The van der Waals surface area contributed by atoms with Crippen LogP contribution in [0.1, 0.15) is 19.8 Å². The summed E-state index contributed by atoms with van der Waals surface area (Å²) in [5, 5.41) is 11.5. The fourth-order valence-corrected chi connectivity index (χ4v) is 4.86. The summed E-state index contributed by atoms with van der Waals surface area (Å²) in [5.41, 5.74) is 0.215. The molecule has 0 fully saturated rings. The summed E-state index contributed by atoms with van der Waals surface area (Å²) in [6, 6.07) is 9.68. The number of anilines is 1. The van der Waals surface area contributed by atoms with Crippen molar-refractivity contribution in [1.29, 1.82) is 0 Å². The lowest BCUT2D eigenvalue weighted by Crippen LogP contribution is -2.39. The average Bonchev–Trinajstić information content (AvgIpc) is 2.58. The van der Waals surface area contributed by atoms with Crippen LogP contribution in [0.25, 0.3) is 0 Å². The topological polar surface area (TPSA) is 80.5 Å². The van der Waals surface area contributed by atoms with E-state index < -0.39 is 21.0 Å². The molecule has 27 heavy (non-hydrogen) atoms. The lowest BCUT2D eigenvalue weighted by Gasteiger charge is -2.31.